The first-order valence-electron chi connectivity index (χ1n) is 5.69. The second-order valence-corrected chi connectivity index (χ2v) is 6.39. The molecule has 0 N–H and O–H groups in total. The maximum atomic E-state index is 11.7. The highest BCUT2D eigenvalue weighted by Crippen LogP contribution is 2.46. The van der Waals surface area contributed by atoms with Gasteiger partial charge in [-0.15, -0.1) is 0 Å². The summed E-state index contributed by atoms with van der Waals surface area (Å²) in [7, 11) is -0.562. The van der Waals surface area contributed by atoms with E-state index in [-0.39, 0.29) is 11.9 Å². The molecule has 0 amide bonds. The maximum absolute atomic E-state index is 11.7. The van der Waals surface area contributed by atoms with Gasteiger partial charge in [0, 0.05) is 20.6 Å². The van der Waals surface area contributed by atoms with Crippen LogP contribution in [0.15, 0.2) is 0 Å². The summed E-state index contributed by atoms with van der Waals surface area (Å²) in [5.74, 6) is 0.297. The van der Waals surface area contributed by atoms with E-state index in [0.717, 1.165) is 19.3 Å². The Morgan fingerprint density at radius 2 is 1.88 bits per heavy atom. The van der Waals surface area contributed by atoms with E-state index < -0.39 is 7.60 Å². The molecule has 0 aliphatic heterocycles. The van der Waals surface area contributed by atoms with E-state index >= 15 is 0 Å². The van der Waals surface area contributed by atoms with Gasteiger partial charge in [0.25, 0.3) is 0 Å². The lowest BCUT2D eigenvalue weighted by Gasteiger charge is -2.14. The normalized spacial score (nSPS) is 13.8. The van der Waals surface area contributed by atoms with E-state index in [0.29, 0.717) is 12.3 Å². The van der Waals surface area contributed by atoms with Gasteiger partial charge in [-0.05, 0) is 5.92 Å². The molecule has 0 fully saturated rings. The van der Waals surface area contributed by atoms with Gasteiger partial charge >= 0.3 is 7.60 Å². The fourth-order valence-electron chi connectivity index (χ4n) is 1.53. The first-order valence-corrected chi connectivity index (χ1v) is 7.42. The zero-order valence-corrected chi connectivity index (χ0v) is 11.6. The van der Waals surface area contributed by atoms with Gasteiger partial charge < -0.3 is 9.05 Å². The zero-order chi connectivity index (χ0) is 12.6. The molecule has 0 aromatic carbocycles. The molecule has 0 bridgehead atoms. The molecule has 0 heterocycles. The lowest BCUT2D eigenvalue weighted by molar-refractivity contribution is -0.117. The van der Waals surface area contributed by atoms with Gasteiger partial charge in [0.15, 0.2) is 0 Å². The van der Waals surface area contributed by atoms with Crippen molar-refractivity contribution in [1.82, 2.24) is 0 Å². The summed E-state index contributed by atoms with van der Waals surface area (Å²) < 4.78 is 21.2. The standard InChI is InChI=1S/C11H23O4P/c1-5-6-7-10(2)8-11(12)9-16(13,14-3)15-4/h10H,5-9H2,1-4H3/t10-/m0/s1. The van der Waals surface area contributed by atoms with Crippen molar-refractivity contribution in [3.63, 3.8) is 0 Å². The number of carbonyl (C=O) groups excluding carboxylic acids is 1. The van der Waals surface area contributed by atoms with Crippen molar-refractivity contribution in [3.05, 3.63) is 0 Å². The Morgan fingerprint density at radius 1 is 1.31 bits per heavy atom. The SMILES string of the molecule is CCCC[C@H](C)CC(=O)CP(=O)(OC)OC. The quantitative estimate of drug-likeness (QED) is 0.589. The van der Waals surface area contributed by atoms with E-state index in [2.05, 4.69) is 6.92 Å². The van der Waals surface area contributed by atoms with Crippen LogP contribution in [0.1, 0.15) is 39.5 Å². The van der Waals surface area contributed by atoms with E-state index in [1.807, 2.05) is 6.92 Å². The van der Waals surface area contributed by atoms with E-state index in [9.17, 15) is 9.36 Å². The molecule has 96 valence electrons. The number of rotatable bonds is 9. The van der Waals surface area contributed by atoms with Crippen LogP contribution in [0.25, 0.3) is 0 Å². The lowest BCUT2D eigenvalue weighted by atomic mass is 9.99. The van der Waals surface area contributed by atoms with Gasteiger partial charge in [0.1, 0.15) is 11.9 Å². The molecule has 0 saturated carbocycles. The summed E-state index contributed by atoms with van der Waals surface area (Å²) in [6.07, 6.45) is 3.63. The second kappa shape index (κ2) is 7.99. The Balaban J connectivity index is 4.02. The average molecular weight is 250 g/mol. The van der Waals surface area contributed by atoms with Crippen molar-refractivity contribution in [2.24, 2.45) is 5.92 Å². The summed E-state index contributed by atoms with van der Waals surface area (Å²) >= 11 is 0. The zero-order valence-electron chi connectivity index (χ0n) is 10.7. The van der Waals surface area contributed by atoms with Crippen molar-refractivity contribution in [1.29, 1.82) is 0 Å². The van der Waals surface area contributed by atoms with Crippen LogP contribution in [-0.2, 0) is 18.4 Å². The summed E-state index contributed by atoms with van der Waals surface area (Å²) in [5, 5.41) is 0. The average Bonchev–Trinajstić information content (AvgIpc) is 2.25. The Labute approximate surface area is 98.2 Å². The van der Waals surface area contributed by atoms with Crippen LogP contribution < -0.4 is 0 Å². The third-order valence-corrected chi connectivity index (χ3v) is 4.41. The van der Waals surface area contributed by atoms with Gasteiger partial charge in [-0.2, -0.15) is 0 Å². The molecule has 0 radical (unpaired) electrons. The molecule has 0 spiro atoms. The highest BCUT2D eigenvalue weighted by atomic mass is 31.2. The van der Waals surface area contributed by atoms with Crippen LogP contribution in [0.4, 0.5) is 0 Å². The molecule has 0 aromatic rings. The molecule has 0 aliphatic carbocycles. The predicted octanol–water partition coefficient (Wildman–Crippen LogP) is 3.26. The Morgan fingerprint density at radius 3 is 2.31 bits per heavy atom. The van der Waals surface area contributed by atoms with Gasteiger partial charge in [0.2, 0.25) is 0 Å². The van der Waals surface area contributed by atoms with Gasteiger partial charge in [-0.1, -0.05) is 33.1 Å². The van der Waals surface area contributed by atoms with Crippen LogP contribution in [0.2, 0.25) is 0 Å². The Kier molecular flexibility index (Phi) is 7.90. The van der Waals surface area contributed by atoms with Crippen LogP contribution in [0.5, 0.6) is 0 Å². The summed E-state index contributed by atoms with van der Waals surface area (Å²) in [6, 6.07) is 0. The number of Topliss-reactive ketones (excluding diaryl/α,β-unsaturated/α-hetero) is 1. The minimum Gasteiger partial charge on any atom is -0.312 e. The summed E-state index contributed by atoms with van der Waals surface area (Å²) in [6.45, 7) is 4.16. The topological polar surface area (TPSA) is 52.6 Å². The number of hydrogen-bond acceptors (Lipinski definition) is 4. The Bertz CT molecular complexity index is 244. The molecule has 16 heavy (non-hydrogen) atoms. The minimum atomic E-state index is -3.17. The molecule has 4 nitrogen and oxygen atoms in total. The molecule has 5 heteroatoms. The number of carbonyl (C=O) groups is 1. The van der Waals surface area contributed by atoms with Crippen LogP contribution in [0, 0.1) is 5.92 Å². The van der Waals surface area contributed by atoms with Crippen LogP contribution in [-0.4, -0.2) is 26.2 Å². The summed E-state index contributed by atoms with van der Waals surface area (Å²) in [4.78, 5) is 11.6. The van der Waals surface area contributed by atoms with Crippen molar-refractivity contribution in [3.8, 4) is 0 Å². The highest BCUT2D eigenvalue weighted by Gasteiger charge is 2.25. The van der Waals surface area contributed by atoms with Crippen molar-refractivity contribution in [2.45, 2.75) is 39.5 Å². The van der Waals surface area contributed by atoms with Gasteiger partial charge in [-0.3, -0.25) is 9.36 Å². The molecule has 0 unspecified atom stereocenters. The fraction of sp³-hybridized carbons (Fsp3) is 0.909. The van der Waals surface area contributed by atoms with E-state index in [1.165, 1.54) is 14.2 Å². The third kappa shape index (κ3) is 6.41. The van der Waals surface area contributed by atoms with E-state index in [1.54, 1.807) is 0 Å². The molecular weight excluding hydrogens is 227 g/mol. The Hall–Kier alpha value is -0.180. The first kappa shape index (κ1) is 15.8. The smallest absolute Gasteiger partial charge is 0.312 e. The highest BCUT2D eigenvalue weighted by molar-refractivity contribution is 7.54. The minimum absolute atomic E-state index is 0.0457. The van der Waals surface area contributed by atoms with Crippen LogP contribution in [0.3, 0.4) is 0 Å². The molecule has 0 aliphatic rings. The largest absolute Gasteiger partial charge is 0.337 e. The number of unbranched alkanes of at least 4 members (excludes halogenated alkanes) is 1. The lowest BCUT2D eigenvalue weighted by Crippen LogP contribution is -2.11. The molecule has 0 rings (SSSR count). The third-order valence-electron chi connectivity index (χ3n) is 2.55. The van der Waals surface area contributed by atoms with Gasteiger partial charge in [0.05, 0.1) is 0 Å². The van der Waals surface area contributed by atoms with E-state index in [4.69, 9.17) is 9.05 Å². The molecule has 1 atom stereocenters. The monoisotopic (exact) mass is 250 g/mol. The maximum Gasteiger partial charge on any atom is 0.337 e. The van der Waals surface area contributed by atoms with Crippen molar-refractivity contribution >= 4 is 13.4 Å². The number of hydrogen-bond donors (Lipinski definition) is 0. The van der Waals surface area contributed by atoms with Crippen LogP contribution >= 0.6 is 7.60 Å². The second-order valence-electron chi connectivity index (χ2n) is 4.12. The molecule has 0 saturated heterocycles. The van der Waals surface area contributed by atoms with Crippen molar-refractivity contribution < 1.29 is 18.4 Å². The first-order chi connectivity index (χ1) is 7.47. The van der Waals surface area contributed by atoms with Crippen molar-refractivity contribution in [2.75, 3.05) is 20.4 Å². The number of ketones is 1. The summed E-state index contributed by atoms with van der Waals surface area (Å²) in [5.41, 5.74) is 0. The van der Waals surface area contributed by atoms with Gasteiger partial charge in [-0.25, -0.2) is 0 Å². The predicted molar refractivity (Wildman–Crippen MR) is 64.8 cm³/mol. The molecular formula is C11H23O4P. The molecule has 0 aromatic heterocycles. The fourth-order valence-corrected chi connectivity index (χ4v) is 2.50.